The highest BCUT2D eigenvalue weighted by molar-refractivity contribution is 9.10. The lowest BCUT2D eigenvalue weighted by molar-refractivity contribution is -0.385. The minimum atomic E-state index is -4.09. The molecular formula is C21H16BrN3O6S. The van der Waals surface area contributed by atoms with Gasteiger partial charge in [0.15, 0.2) is 0 Å². The third kappa shape index (κ3) is 5.77. The summed E-state index contributed by atoms with van der Waals surface area (Å²) in [7, 11) is -4.09. The number of carbonyl (C=O) groups excluding carboxylic acids is 1. The third-order valence-corrected chi connectivity index (χ3v) is 5.99. The van der Waals surface area contributed by atoms with Gasteiger partial charge in [-0.1, -0.05) is 22.0 Å². The number of sulfonamides is 1. The molecule has 164 valence electrons. The molecule has 0 saturated carbocycles. The number of rotatable bonds is 7. The number of hydrogen-bond acceptors (Lipinski definition) is 7. The van der Waals surface area contributed by atoms with Crippen LogP contribution in [-0.4, -0.2) is 25.5 Å². The number of hydrazone groups is 1. The van der Waals surface area contributed by atoms with Gasteiger partial charge in [-0.25, -0.2) is 9.63 Å². The molecule has 0 aliphatic carbocycles. The Kier molecular flexibility index (Phi) is 7.01. The normalized spacial score (nSPS) is 11.3. The summed E-state index contributed by atoms with van der Waals surface area (Å²) in [4.78, 5) is 24.2. The van der Waals surface area contributed by atoms with Gasteiger partial charge in [0.1, 0.15) is 5.75 Å². The van der Waals surface area contributed by atoms with Crippen molar-refractivity contribution in [2.75, 3.05) is 0 Å². The van der Waals surface area contributed by atoms with Gasteiger partial charge >= 0.3 is 5.97 Å². The van der Waals surface area contributed by atoms with Crippen LogP contribution in [0.4, 0.5) is 5.69 Å². The minimum Gasteiger partial charge on any atom is -0.423 e. The van der Waals surface area contributed by atoms with Crippen LogP contribution >= 0.6 is 15.9 Å². The van der Waals surface area contributed by atoms with Crippen LogP contribution in [0.5, 0.6) is 5.75 Å². The zero-order valence-electron chi connectivity index (χ0n) is 16.6. The van der Waals surface area contributed by atoms with E-state index in [9.17, 15) is 23.3 Å². The average Bonchev–Trinajstić information content (AvgIpc) is 2.75. The highest BCUT2D eigenvalue weighted by atomic mass is 79.9. The fourth-order valence-corrected chi connectivity index (χ4v) is 3.63. The molecule has 0 amide bonds. The molecule has 0 atom stereocenters. The smallest absolute Gasteiger partial charge is 0.343 e. The molecule has 0 unspecified atom stereocenters. The van der Waals surface area contributed by atoms with Crippen LogP contribution in [0.3, 0.4) is 0 Å². The summed E-state index contributed by atoms with van der Waals surface area (Å²) in [6.07, 6.45) is 1.25. The molecule has 3 rings (SSSR count). The summed E-state index contributed by atoms with van der Waals surface area (Å²) < 4.78 is 30.8. The van der Waals surface area contributed by atoms with Crippen molar-refractivity contribution >= 4 is 43.8 Å². The maximum absolute atomic E-state index is 12.3. The quantitative estimate of drug-likeness (QED) is 0.164. The molecule has 3 aromatic carbocycles. The second-order valence-corrected chi connectivity index (χ2v) is 9.10. The number of aryl methyl sites for hydroxylation is 1. The number of carbonyl (C=O) groups is 1. The van der Waals surface area contributed by atoms with Gasteiger partial charge in [-0.3, -0.25) is 10.1 Å². The first kappa shape index (κ1) is 23.1. The number of nitrogens with one attached hydrogen (secondary N) is 1. The van der Waals surface area contributed by atoms with Crippen molar-refractivity contribution in [3.8, 4) is 5.75 Å². The minimum absolute atomic E-state index is 0.276. The van der Waals surface area contributed by atoms with Gasteiger partial charge in [0.2, 0.25) is 0 Å². The third-order valence-electron chi connectivity index (χ3n) is 4.24. The van der Waals surface area contributed by atoms with Crippen LogP contribution in [0.1, 0.15) is 21.5 Å². The van der Waals surface area contributed by atoms with Crippen molar-refractivity contribution in [2.24, 2.45) is 5.10 Å². The molecule has 3 aromatic rings. The molecule has 0 aromatic heterocycles. The van der Waals surface area contributed by atoms with Crippen molar-refractivity contribution in [2.45, 2.75) is 11.8 Å². The van der Waals surface area contributed by atoms with E-state index in [1.165, 1.54) is 37.4 Å². The number of nitrogens with zero attached hydrogens (tertiary/aromatic N) is 2. The van der Waals surface area contributed by atoms with Gasteiger partial charge in [-0.05, 0) is 67.1 Å². The van der Waals surface area contributed by atoms with Gasteiger partial charge in [0.05, 0.1) is 21.6 Å². The van der Waals surface area contributed by atoms with Crippen LogP contribution in [0.15, 0.2) is 81.2 Å². The van der Waals surface area contributed by atoms with E-state index in [0.29, 0.717) is 22.4 Å². The van der Waals surface area contributed by atoms with Crippen LogP contribution in [0.2, 0.25) is 0 Å². The Hall–Kier alpha value is -3.57. The predicted molar refractivity (Wildman–Crippen MR) is 121 cm³/mol. The van der Waals surface area contributed by atoms with Gasteiger partial charge < -0.3 is 4.74 Å². The van der Waals surface area contributed by atoms with Crippen molar-refractivity contribution in [3.63, 3.8) is 0 Å². The summed E-state index contributed by atoms with van der Waals surface area (Å²) in [5, 5.41) is 14.7. The monoisotopic (exact) mass is 517 g/mol. The largest absolute Gasteiger partial charge is 0.423 e. The van der Waals surface area contributed by atoms with E-state index in [1.807, 2.05) is 4.83 Å². The zero-order chi connectivity index (χ0) is 23.3. The second-order valence-electron chi connectivity index (χ2n) is 6.52. The molecule has 0 radical (unpaired) electrons. The number of benzene rings is 3. The van der Waals surface area contributed by atoms with E-state index in [1.54, 1.807) is 36.4 Å². The Morgan fingerprint density at radius 3 is 2.38 bits per heavy atom. The molecule has 1 N–H and O–H groups in total. The van der Waals surface area contributed by atoms with E-state index < -0.39 is 20.9 Å². The zero-order valence-corrected chi connectivity index (χ0v) is 19.0. The number of ether oxygens (including phenoxy) is 1. The Bertz CT molecular complexity index is 1290. The van der Waals surface area contributed by atoms with E-state index in [0.717, 1.165) is 10.5 Å². The molecule has 9 nitrogen and oxygen atoms in total. The van der Waals surface area contributed by atoms with Gasteiger partial charge in [0, 0.05) is 16.1 Å². The van der Waals surface area contributed by atoms with Gasteiger partial charge in [-0.15, -0.1) is 0 Å². The lowest BCUT2D eigenvalue weighted by atomic mass is 10.2. The highest BCUT2D eigenvalue weighted by Crippen LogP contribution is 2.22. The number of nitro groups is 1. The first-order chi connectivity index (χ1) is 15.2. The summed E-state index contributed by atoms with van der Waals surface area (Å²) >= 11 is 3.29. The Morgan fingerprint density at radius 1 is 1.09 bits per heavy atom. The van der Waals surface area contributed by atoms with Crippen LogP contribution in [0, 0.1) is 17.0 Å². The van der Waals surface area contributed by atoms with E-state index in [-0.39, 0.29) is 10.6 Å². The molecule has 0 aliphatic rings. The molecule has 0 heterocycles. The maximum atomic E-state index is 12.3. The molecule has 0 spiro atoms. The summed E-state index contributed by atoms with van der Waals surface area (Å²) in [6.45, 7) is 1.51. The predicted octanol–water partition coefficient (Wildman–Crippen LogP) is 4.20. The highest BCUT2D eigenvalue weighted by Gasteiger charge is 2.19. The fraction of sp³-hybridized carbons (Fsp3) is 0.0476. The topological polar surface area (TPSA) is 128 Å². The van der Waals surface area contributed by atoms with Crippen molar-refractivity contribution in [1.82, 2.24) is 4.83 Å². The number of hydrogen-bond donors (Lipinski definition) is 1. The molecule has 32 heavy (non-hydrogen) atoms. The van der Waals surface area contributed by atoms with E-state index in [2.05, 4.69) is 21.0 Å². The molecular weight excluding hydrogens is 502 g/mol. The standard InChI is InChI=1S/C21H16BrN3O6S/c1-14-2-11-19(12-20(14)25(27)28)32(29,30)24-23-13-15-3-9-18(10-4-15)31-21(26)16-5-7-17(22)8-6-16/h2-13,24H,1H3. The van der Waals surface area contributed by atoms with Crippen molar-refractivity contribution in [3.05, 3.63) is 98.0 Å². The van der Waals surface area contributed by atoms with E-state index >= 15 is 0 Å². The molecule has 11 heteroatoms. The lowest BCUT2D eigenvalue weighted by Crippen LogP contribution is -2.18. The molecule has 0 saturated heterocycles. The number of halogens is 1. The number of nitro benzene ring substituents is 1. The first-order valence-corrected chi connectivity index (χ1v) is 11.3. The second kappa shape index (κ2) is 9.71. The summed E-state index contributed by atoms with van der Waals surface area (Å²) in [5.41, 5.74) is 0.971. The van der Waals surface area contributed by atoms with Crippen molar-refractivity contribution in [1.29, 1.82) is 0 Å². The molecule has 0 aliphatic heterocycles. The molecule has 0 bridgehead atoms. The van der Waals surface area contributed by atoms with E-state index in [4.69, 9.17) is 4.74 Å². The Morgan fingerprint density at radius 2 is 1.75 bits per heavy atom. The fourth-order valence-electron chi connectivity index (χ4n) is 2.55. The lowest BCUT2D eigenvalue weighted by Gasteiger charge is -2.05. The van der Waals surface area contributed by atoms with Gasteiger partial charge in [0.25, 0.3) is 15.7 Å². The van der Waals surface area contributed by atoms with Gasteiger partial charge in [-0.2, -0.15) is 13.5 Å². The SMILES string of the molecule is Cc1ccc(S(=O)(=O)NN=Cc2ccc(OC(=O)c3ccc(Br)cc3)cc2)cc1[N+](=O)[O-]. The van der Waals surface area contributed by atoms with Crippen LogP contribution in [-0.2, 0) is 10.0 Å². The molecule has 0 fully saturated rings. The first-order valence-electron chi connectivity index (χ1n) is 9.03. The Balaban J connectivity index is 1.64. The van der Waals surface area contributed by atoms with Crippen LogP contribution in [0.25, 0.3) is 0 Å². The van der Waals surface area contributed by atoms with Crippen molar-refractivity contribution < 1.29 is 22.9 Å². The summed E-state index contributed by atoms with van der Waals surface area (Å²) in [5.74, 6) is -0.207. The van der Waals surface area contributed by atoms with Crippen LogP contribution < -0.4 is 9.57 Å². The Labute approximate surface area is 192 Å². The maximum Gasteiger partial charge on any atom is 0.343 e. The average molecular weight is 518 g/mol. The summed E-state index contributed by atoms with van der Waals surface area (Å²) in [6, 6.07) is 16.5. The number of esters is 1.